The number of dihydropyridines is 1. The number of phenolic OH excluding ortho intramolecular Hbond substituents is 2. The maximum absolute atomic E-state index is 11.5. The molecule has 1 aromatic heterocycles. The Morgan fingerprint density at radius 1 is 0.859 bits per heavy atom. The molecule has 1 spiro atoms. The predicted octanol–water partition coefficient (Wildman–Crippen LogP) is 10.1. The number of nitrogens with two attached hydrogens (primary N) is 1. The fourth-order valence-electron chi connectivity index (χ4n) is 12.1. The number of phenols is 2. The van der Waals surface area contributed by atoms with E-state index in [1.165, 1.54) is 47.9 Å². The number of unbranched alkanes of at least 4 members (excludes halogenated alkanes) is 3. The van der Waals surface area contributed by atoms with Crippen molar-refractivity contribution in [3.05, 3.63) is 142 Å². The smallest absolute Gasteiger partial charge is 0.161 e. The molecule has 64 heavy (non-hydrogen) atoms. The first kappa shape index (κ1) is 42.9. The van der Waals surface area contributed by atoms with Crippen molar-refractivity contribution >= 4 is 16.6 Å². The van der Waals surface area contributed by atoms with Gasteiger partial charge < -0.3 is 45.1 Å². The molecule has 5 aliphatic rings. The first-order chi connectivity index (χ1) is 31.3. The van der Waals surface area contributed by atoms with E-state index in [4.69, 9.17) is 19.9 Å². The Morgan fingerprint density at radius 2 is 1.69 bits per heavy atom. The summed E-state index contributed by atoms with van der Waals surface area (Å²) in [6.45, 7) is 2.12. The maximum atomic E-state index is 11.5. The van der Waals surface area contributed by atoms with Gasteiger partial charge in [-0.15, -0.1) is 0 Å². The van der Waals surface area contributed by atoms with Gasteiger partial charge in [-0.25, -0.2) is 0 Å². The third-order valence-corrected chi connectivity index (χ3v) is 15.4. The first-order valence-electron chi connectivity index (χ1n) is 24.1. The van der Waals surface area contributed by atoms with Crippen LogP contribution in [0.25, 0.3) is 16.6 Å². The quantitative estimate of drug-likeness (QED) is 0.0975. The highest BCUT2D eigenvalue weighted by Gasteiger charge is 2.55. The first-order valence-corrected chi connectivity index (χ1v) is 24.1. The highest BCUT2D eigenvalue weighted by Crippen LogP contribution is 2.60. The van der Waals surface area contributed by atoms with Crippen LogP contribution in [0.3, 0.4) is 0 Å². The number of fused-ring (bicyclic) bond motifs is 8. The van der Waals surface area contributed by atoms with Crippen LogP contribution in [0.5, 0.6) is 17.2 Å². The summed E-state index contributed by atoms with van der Waals surface area (Å²) >= 11 is 0. The van der Waals surface area contributed by atoms with Gasteiger partial charge in [-0.2, -0.15) is 0 Å². The number of hydrogen-bond donors (Lipinski definition) is 5. The summed E-state index contributed by atoms with van der Waals surface area (Å²) in [6.07, 6.45) is 22.4. The molecule has 336 valence electrons. The number of rotatable bonds is 8. The van der Waals surface area contributed by atoms with Crippen molar-refractivity contribution in [3.8, 4) is 17.2 Å². The van der Waals surface area contributed by atoms with Crippen molar-refractivity contribution in [1.82, 2.24) is 9.88 Å². The van der Waals surface area contributed by atoms with Crippen molar-refractivity contribution in [2.45, 2.75) is 132 Å². The molecule has 3 aliphatic heterocycles. The van der Waals surface area contributed by atoms with E-state index in [0.717, 1.165) is 91.3 Å². The molecule has 10 rings (SSSR count). The fourth-order valence-corrected chi connectivity index (χ4v) is 12.1. The number of aromatic hydroxyl groups is 2. The van der Waals surface area contributed by atoms with E-state index in [2.05, 4.69) is 64.8 Å². The molecule has 6 N–H and O–H groups in total. The minimum atomic E-state index is -0.553. The fraction of sp³-hybridized carbons (Fsp3) is 0.455. The molecule has 1 unspecified atom stereocenters. The van der Waals surface area contributed by atoms with Crippen LogP contribution in [0, 0.1) is 5.92 Å². The van der Waals surface area contributed by atoms with Gasteiger partial charge in [-0.1, -0.05) is 86.7 Å². The Morgan fingerprint density at radius 3 is 2.55 bits per heavy atom. The number of nitrogens with zero attached hydrogens (tertiary/aromatic N) is 1. The molecule has 9 nitrogen and oxygen atoms in total. The summed E-state index contributed by atoms with van der Waals surface area (Å²) < 4.78 is 22.0. The van der Waals surface area contributed by atoms with E-state index < -0.39 is 6.10 Å². The van der Waals surface area contributed by atoms with Gasteiger partial charge in [-0.3, -0.25) is 0 Å². The van der Waals surface area contributed by atoms with Crippen LogP contribution in [-0.2, 0) is 39.8 Å². The van der Waals surface area contributed by atoms with Gasteiger partial charge in [0.15, 0.2) is 11.5 Å². The SMILES string of the molecule is NC1C=CC2=C(N1)n1cc3cc([C@]45CCOC[C@@H]4CC4(CCCC4)c4ccccc45)cc(c3c1)COc1cc(ccc1O)CC[C@@H](O)C[C@H](CCCCCCc1ccc(O)cc1)OC2. The van der Waals surface area contributed by atoms with E-state index in [-0.39, 0.29) is 35.5 Å². The molecule has 0 amide bonds. The number of aromatic nitrogens is 1. The zero-order valence-electron chi connectivity index (χ0n) is 37.2. The topological polar surface area (TPSA) is 131 Å². The zero-order chi connectivity index (χ0) is 43.7. The maximum Gasteiger partial charge on any atom is 0.161 e. The third-order valence-electron chi connectivity index (χ3n) is 15.4. The molecule has 0 radical (unpaired) electrons. The van der Waals surface area contributed by atoms with E-state index in [1.807, 2.05) is 30.3 Å². The van der Waals surface area contributed by atoms with Gasteiger partial charge in [0.1, 0.15) is 18.2 Å². The number of ether oxygens (including phenoxy) is 3. The van der Waals surface area contributed by atoms with Crippen molar-refractivity contribution in [2.24, 2.45) is 11.7 Å². The van der Waals surface area contributed by atoms with Crippen molar-refractivity contribution in [1.29, 1.82) is 0 Å². The van der Waals surface area contributed by atoms with E-state index >= 15 is 0 Å². The normalized spacial score (nSPS) is 25.5. The monoisotopic (exact) mass is 863 g/mol. The lowest BCUT2D eigenvalue weighted by atomic mass is 9.51. The minimum Gasteiger partial charge on any atom is -0.508 e. The summed E-state index contributed by atoms with van der Waals surface area (Å²) in [6, 6.07) is 27.2. The largest absolute Gasteiger partial charge is 0.508 e. The Hall–Kier alpha value is -5.06. The molecule has 2 aliphatic carbocycles. The third kappa shape index (κ3) is 8.60. The zero-order valence-corrected chi connectivity index (χ0v) is 37.2. The Labute approximate surface area is 377 Å². The summed E-state index contributed by atoms with van der Waals surface area (Å²) in [7, 11) is 0. The van der Waals surface area contributed by atoms with Gasteiger partial charge in [0.05, 0.1) is 31.6 Å². The lowest BCUT2D eigenvalue weighted by Crippen LogP contribution is -2.51. The number of aliphatic hydroxyl groups is 1. The average Bonchev–Trinajstić information content (AvgIpc) is 3.97. The average molecular weight is 864 g/mol. The van der Waals surface area contributed by atoms with Crippen LogP contribution >= 0.6 is 0 Å². The van der Waals surface area contributed by atoms with Crippen molar-refractivity contribution in [3.63, 3.8) is 0 Å². The van der Waals surface area contributed by atoms with Gasteiger partial charge in [0.25, 0.3) is 0 Å². The highest BCUT2D eigenvalue weighted by atomic mass is 16.5. The Bertz CT molecular complexity index is 2500. The summed E-state index contributed by atoms with van der Waals surface area (Å²) in [4.78, 5) is 0. The molecule has 5 aromatic rings. The second kappa shape index (κ2) is 18.4. The Balaban J connectivity index is 1.00. The van der Waals surface area contributed by atoms with Gasteiger partial charge in [-0.05, 0) is 145 Å². The molecular formula is C55H65N3O6. The van der Waals surface area contributed by atoms with Gasteiger partial charge >= 0.3 is 0 Å². The Kier molecular flexibility index (Phi) is 12.3. The molecule has 1 saturated heterocycles. The molecule has 4 bridgehead atoms. The van der Waals surface area contributed by atoms with E-state index in [1.54, 1.807) is 18.2 Å². The molecule has 9 heteroatoms. The lowest BCUT2D eigenvalue weighted by Gasteiger charge is -2.54. The number of benzene rings is 4. The summed E-state index contributed by atoms with van der Waals surface area (Å²) in [5.41, 5.74) is 15.2. The van der Waals surface area contributed by atoms with E-state index in [9.17, 15) is 15.3 Å². The van der Waals surface area contributed by atoms with Crippen LogP contribution < -0.4 is 15.8 Å². The second-order valence-corrected chi connectivity index (χ2v) is 19.5. The van der Waals surface area contributed by atoms with Crippen molar-refractivity contribution < 1.29 is 29.5 Å². The van der Waals surface area contributed by atoms with Gasteiger partial charge in [0.2, 0.25) is 0 Å². The van der Waals surface area contributed by atoms with Crippen molar-refractivity contribution in [2.75, 3.05) is 19.8 Å². The number of hydrogen-bond acceptors (Lipinski definition) is 8. The number of nitrogens with one attached hydrogen (secondary N) is 1. The standard InChI is InChI=1S/C55H65N3O6/c56-52-22-17-39-34-63-46(10-4-2-1-3-9-37-13-18-44(59)19-14-37)30-45(60)20-15-38-16-21-50(61)51(27-38)64-35-41-29-42(28-40-32-58(33-47(40)41)53(39)57-52)55-25-26-62-36-43(55)31-54(23-7-8-24-54)48-11-5-6-12-49(48)55/h5-6,11-14,16-19,21-22,27-29,32-33,43,45-46,52,57,59-61H,1-4,7-10,15,20,23-26,30-31,34-36,56H2/t43-,45+,46-,52?,55+/m0/s1. The molecule has 4 aromatic carbocycles. The van der Waals surface area contributed by atoms with Crippen LogP contribution in [0.1, 0.15) is 117 Å². The highest BCUT2D eigenvalue weighted by molar-refractivity contribution is 5.88. The second-order valence-electron chi connectivity index (χ2n) is 19.5. The molecular weight excluding hydrogens is 799 g/mol. The predicted molar refractivity (Wildman–Crippen MR) is 252 cm³/mol. The molecule has 5 atom stereocenters. The van der Waals surface area contributed by atoms with Crippen LogP contribution in [-0.4, -0.2) is 58.1 Å². The summed E-state index contributed by atoms with van der Waals surface area (Å²) in [5, 5.41) is 38.0. The van der Waals surface area contributed by atoms with E-state index in [0.29, 0.717) is 49.9 Å². The molecule has 4 heterocycles. The number of aliphatic hydroxyl groups excluding tert-OH is 1. The lowest BCUT2D eigenvalue weighted by molar-refractivity contribution is -0.00873. The number of aryl methyl sites for hydroxylation is 2. The molecule has 1 saturated carbocycles. The molecule has 2 fully saturated rings. The van der Waals surface area contributed by atoms with Crippen LogP contribution in [0.4, 0.5) is 0 Å². The van der Waals surface area contributed by atoms with Gasteiger partial charge in [0, 0.05) is 40.8 Å². The van der Waals surface area contributed by atoms with Crippen LogP contribution in [0.15, 0.2) is 109 Å². The van der Waals surface area contributed by atoms with Crippen LogP contribution in [0.2, 0.25) is 0 Å². The summed E-state index contributed by atoms with van der Waals surface area (Å²) in [5.74, 6) is 2.08. The minimum absolute atomic E-state index is 0.105.